The second-order valence-electron chi connectivity index (χ2n) is 5.30. The van der Waals surface area contributed by atoms with Crippen molar-refractivity contribution in [2.24, 2.45) is 7.05 Å². The lowest BCUT2D eigenvalue weighted by Crippen LogP contribution is -2.50. The fourth-order valence-corrected chi connectivity index (χ4v) is 2.57. The van der Waals surface area contributed by atoms with E-state index in [1.807, 2.05) is 12.1 Å². The van der Waals surface area contributed by atoms with Crippen molar-refractivity contribution < 1.29 is 9.90 Å². The van der Waals surface area contributed by atoms with Gasteiger partial charge in [-0.05, 0) is 12.1 Å². The molecule has 0 bridgehead atoms. The van der Waals surface area contributed by atoms with Crippen LogP contribution in [0.15, 0.2) is 36.7 Å². The highest BCUT2D eigenvalue weighted by atomic mass is 16.3. The fourth-order valence-electron chi connectivity index (χ4n) is 2.57. The van der Waals surface area contributed by atoms with Gasteiger partial charge in [0.2, 0.25) is 0 Å². The lowest BCUT2D eigenvalue weighted by molar-refractivity contribution is 0.208. The SMILES string of the molecule is Cn1cc(NC(=O)N2CCN(c3ccccc3O)CC2)cn1. The Morgan fingerprint density at radius 3 is 2.59 bits per heavy atom. The van der Waals surface area contributed by atoms with Crippen LogP contribution in [-0.2, 0) is 7.05 Å². The zero-order valence-corrected chi connectivity index (χ0v) is 12.4. The Morgan fingerprint density at radius 2 is 1.95 bits per heavy atom. The van der Waals surface area contributed by atoms with E-state index in [2.05, 4.69) is 15.3 Å². The van der Waals surface area contributed by atoms with Crippen molar-refractivity contribution in [3.63, 3.8) is 0 Å². The third-order valence-corrected chi connectivity index (χ3v) is 3.75. The topological polar surface area (TPSA) is 73.6 Å². The quantitative estimate of drug-likeness (QED) is 0.881. The van der Waals surface area contributed by atoms with E-state index in [-0.39, 0.29) is 11.8 Å². The third kappa shape index (κ3) is 2.98. The molecule has 1 aromatic heterocycles. The van der Waals surface area contributed by atoms with Crippen molar-refractivity contribution in [2.75, 3.05) is 36.4 Å². The number of carbonyl (C=O) groups is 1. The van der Waals surface area contributed by atoms with Gasteiger partial charge in [0.25, 0.3) is 0 Å². The average Bonchev–Trinajstić information content (AvgIpc) is 2.93. The first kappa shape index (κ1) is 14.2. The monoisotopic (exact) mass is 301 g/mol. The van der Waals surface area contributed by atoms with Gasteiger partial charge in [0.15, 0.2) is 0 Å². The minimum atomic E-state index is -0.120. The first-order valence-electron chi connectivity index (χ1n) is 7.21. The summed E-state index contributed by atoms with van der Waals surface area (Å²) in [5.74, 6) is 0.274. The van der Waals surface area contributed by atoms with E-state index in [0.717, 1.165) is 5.69 Å². The number of benzene rings is 1. The summed E-state index contributed by atoms with van der Waals surface area (Å²) in [6, 6.07) is 7.15. The summed E-state index contributed by atoms with van der Waals surface area (Å²) >= 11 is 0. The van der Waals surface area contributed by atoms with E-state index in [4.69, 9.17) is 0 Å². The molecular formula is C15H19N5O2. The Balaban J connectivity index is 1.57. The van der Waals surface area contributed by atoms with E-state index >= 15 is 0 Å². The number of carbonyl (C=O) groups excluding carboxylic acids is 1. The molecule has 1 aliphatic heterocycles. The lowest BCUT2D eigenvalue weighted by atomic mass is 10.2. The van der Waals surface area contributed by atoms with Gasteiger partial charge in [-0.25, -0.2) is 4.79 Å². The molecule has 116 valence electrons. The molecule has 3 rings (SSSR count). The Bertz CT molecular complexity index is 661. The minimum Gasteiger partial charge on any atom is -0.506 e. The molecule has 2 heterocycles. The number of aromatic nitrogens is 2. The first-order chi connectivity index (χ1) is 10.6. The van der Waals surface area contributed by atoms with Gasteiger partial charge in [0, 0.05) is 39.4 Å². The largest absolute Gasteiger partial charge is 0.506 e. The van der Waals surface area contributed by atoms with Crippen molar-refractivity contribution in [3.8, 4) is 5.75 Å². The van der Waals surface area contributed by atoms with E-state index in [1.54, 1.807) is 41.2 Å². The van der Waals surface area contributed by atoms with Crippen LogP contribution in [0.4, 0.5) is 16.2 Å². The predicted molar refractivity (Wildman–Crippen MR) is 84.1 cm³/mol. The highest BCUT2D eigenvalue weighted by molar-refractivity contribution is 5.89. The standard InChI is InChI=1S/C15H19N5O2/c1-18-11-12(10-16-18)17-15(22)20-8-6-19(7-9-20)13-4-2-3-5-14(13)21/h2-5,10-11,21H,6-9H2,1H3,(H,17,22). The molecule has 0 aliphatic carbocycles. The summed E-state index contributed by atoms with van der Waals surface area (Å²) < 4.78 is 1.64. The zero-order valence-electron chi connectivity index (χ0n) is 12.4. The van der Waals surface area contributed by atoms with E-state index in [1.165, 1.54) is 0 Å². The van der Waals surface area contributed by atoms with Gasteiger partial charge in [0.1, 0.15) is 5.75 Å². The molecule has 22 heavy (non-hydrogen) atoms. The Labute approximate surface area is 128 Å². The molecule has 1 fully saturated rings. The molecule has 2 N–H and O–H groups in total. The maximum absolute atomic E-state index is 12.2. The van der Waals surface area contributed by atoms with Crippen LogP contribution in [0.3, 0.4) is 0 Å². The Kier molecular flexibility index (Phi) is 3.86. The maximum atomic E-state index is 12.2. The molecule has 0 saturated carbocycles. The van der Waals surface area contributed by atoms with Gasteiger partial charge in [-0.15, -0.1) is 0 Å². The van der Waals surface area contributed by atoms with Crippen LogP contribution in [-0.4, -0.2) is 52.0 Å². The van der Waals surface area contributed by atoms with Gasteiger partial charge in [-0.1, -0.05) is 12.1 Å². The number of aryl methyl sites for hydroxylation is 1. The van der Waals surface area contributed by atoms with E-state index in [0.29, 0.717) is 31.9 Å². The van der Waals surface area contributed by atoms with Crippen LogP contribution in [0, 0.1) is 0 Å². The molecule has 2 aromatic rings. The van der Waals surface area contributed by atoms with E-state index < -0.39 is 0 Å². The van der Waals surface area contributed by atoms with Crippen LogP contribution >= 0.6 is 0 Å². The third-order valence-electron chi connectivity index (χ3n) is 3.75. The summed E-state index contributed by atoms with van der Waals surface area (Å²) in [4.78, 5) is 16.1. The van der Waals surface area contributed by atoms with Crippen LogP contribution < -0.4 is 10.2 Å². The summed E-state index contributed by atoms with van der Waals surface area (Å²) in [6.45, 7) is 2.61. The second-order valence-corrected chi connectivity index (χ2v) is 5.30. The number of hydrogen-bond acceptors (Lipinski definition) is 4. The lowest BCUT2D eigenvalue weighted by Gasteiger charge is -2.36. The van der Waals surface area contributed by atoms with Crippen molar-refractivity contribution >= 4 is 17.4 Å². The molecule has 1 aliphatic rings. The number of rotatable bonds is 2. The Hall–Kier alpha value is -2.70. The molecule has 1 saturated heterocycles. The number of para-hydroxylation sites is 2. The molecule has 0 atom stereocenters. The van der Waals surface area contributed by atoms with Crippen LogP contribution in [0.2, 0.25) is 0 Å². The number of amides is 2. The van der Waals surface area contributed by atoms with Crippen LogP contribution in [0.25, 0.3) is 0 Å². The van der Waals surface area contributed by atoms with Crippen molar-refractivity contribution in [3.05, 3.63) is 36.7 Å². The zero-order chi connectivity index (χ0) is 15.5. The molecular weight excluding hydrogens is 282 g/mol. The van der Waals surface area contributed by atoms with Crippen molar-refractivity contribution in [2.45, 2.75) is 0 Å². The second kappa shape index (κ2) is 5.97. The number of piperazine rings is 1. The normalized spacial score (nSPS) is 15.0. The number of aromatic hydroxyl groups is 1. The number of nitrogens with one attached hydrogen (secondary N) is 1. The molecule has 7 heteroatoms. The average molecular weight is 301 g/mol. The number of nitrogens with zero attached hydrogens (tertiary/aromatic N) is 4. The number of hydrogen-bond donors (Lipinski definition) is 2. The molecule has 1 aromatic carbocycles. The highest BCUT2D eigenvalue weighted by Crippen LogP contribution is 2.27. The molecule has 0 unspecified atom stereocenters. The summed E-state index contributed by atoms with van der Waals surface area (Å²) in [5, 5.41) is 16.7. The summed E-state index contributed by atoms with van der Waals surface area (Å²) in [5.41, 5.74) is 1.51. The Morgan fingerprint density at radius 1 is 1.23 bits per heavy atom. The molecule has 0 radical (unpaired) electrons. The van der Waals surface area contributed by atoms with Crippen LogP contribution in [0.5, 0.6) is 5.75 Å². The first-order valence-corrected chi connectivity index (χ1v) is 7.21. The van der Waals surface area contributed by atoms with Gasteiger partial charge < -0.3 is 20.2 Å². The fraction of sp³-hybridized carbons (Fsp3) is 0.333. The summed E-state index contributed by atoms with van der Waals surface area (Å²) in [6.07, 6.45) is 3.38. The number of urea groups is 1. The molecule has 0 spiro atoms. The van der Waals surface area contributed by atoms with Crippen LogP contribution in [0.1, 0.15) is 0 Å². The van der Waals surface area contributed by atoms with Gasteiger partial charge >= 0.3 is 6.03 Å². The number of phenols is 1. The minimum absolute atomic E-state index is 0.120. The maximum Gasteiger partial charge on any atom is 0.322 e. The predicted octanol–water partition coefficient (Wildman–Crippen LogP) is 1.48. The molecule has 7 nitrogen and oxygen atoms in total. The molecule has 2 amide bonds. The highest BCUT2D eigenvalue weighted by Gasteiger charge is 2.22. The summed E-state index contributed by atoms with van der Waals surface area (Å²) in [7, 11) is 1.81. The van der Waals surface area contributed by atoms with Gasteiger partial charge in [-0.3, -0.25) is 4.68 Å². The number of phenolic OH excluding ortho intramolecular Hbond substituents is 1. The van der Waals surface area contributed by atoms with Gasteiger partial charge in [-0.2, -0.15) is 5.10 Å². The number of anilines is 2. The van der Waals surface area contributed by atoms with Crippen molar-refractivity contribution in [1.82, 2.24) is 14.7 Å². The van der Waals surface area contributed by atoms with Crippen molar-refractivity contribution in [1.29, 1.82) is 0 Å². The van der Waals surface area contributed by atoms with E-state index in [9.17, 15) is 9.90 Å². The van der Waals surface area contributed by atoms with Gasteiger partial charge in [0.05, 0.1) is 17.6 Å². The smallest absolute Gasteiger partial charge is 0.322 e.